The van der Waals surface area contributed by atoms with Crippen molar-refractivity contribution in [2.75, 3.05) is 0 Å². The molecule has 0 unspecified atom stereocenters. The van der Waals surface area contributed by atoms with Gasteiger partial charge in [0.15, 0.2) is 0 Å². The molecule has 0 aliphatic rings. The van der Waals surface area contributed by atoms with E-state index in [0.717, 1.165) is 0 Å². The van der Waals surface area contributed by atoms with Crippen LogP contribution in [-0.2, 0) is 6.82 Å². The first-order valence-corrected chi connectivity index (χ1v) is 2.58. The van der Waals surface area contributed by atoms with Crippen LogP contribution in [0.4, 0.5) is 0 Å². The van der Waals surface area contributed by atoms with Crippen molar-refractivity contribution in [3.05, 3.63) is 30.1 Å². The van der Waals surface area contributed by atoms with Crippen molar-refractivity contribution in [2.24, 2.45) is 6.82 Å². The van der Waals surface area contributed by atoms with E-state index in [1.54, 1.807) is 0 Å². The molecule has 0 aromatic carbocycles. The van der Waals surface area contributed by atoms with Crippen molar-refractivity contribution >= 4 is 6.34 Å². The first-order valence-electron chi connectivity index (χ1n) is 2.58. The normalized spacial score (nSPS) is 7.62. The zero-order valence-electron chi connectivity index (χ0n) is 5.46. The summed E-state index contributed by atoms with van der Waals surface area (Å²) in [5.41, 5.74) is 0. The molecule has 0 aliphatic carbocycles. The van der Waals surface area contributed by atoms with Gasteiger partial charge < -0.3 is 0 Å². The SMILES string of the molecule is C[b-]1ccccc1.[K+]. The van der Waals surface area contributed by atoms with Gasteiger partial charge in [-0.05, 0) is 0 Å². The Morgan fingerprint density at radius 1 is 1.00 bits per heavy atom. The molecule has 0 aliphatic heterocycles. The molecular weight excluding hydrogens is 122 g/mol. The zero-order chi connectivity index (χ0) is 5.11. The molecule has 0 nitrogen and oxygen atoms in total. The summed E-state index contributed by atoms with van der Waals surface area (Å²) < 4.78 is 0. The molecule has 0 saturated heterocycles. The van der Waals surface area contributed by atoms with E-state index in [0.29, 0.717) is 6.34 Å². The maximum absolute atomic E-state index is 2.17. The van der Waals surface area contributed by atoms with Crippen molar-refractivity contribution in [1.29, 1.82) is 0 Å². The average Bonchev–Trinajstić information content (AvgIpc) is 1.69. The van der Waals surface area contributed by atoms with E-state index >= 15 is 0 Å². The quantitative estimate of drug-likeness (QED) is 0.365. The van der Waals surface area contributed by atoms with E-state index in [1.165, 1.54) is 0 Å². The molecule has 36 valence electrons. The van der Waals surface area contributed by atoms with Crippen LogP contribution in [0.1, 0.15) is 0 Å². The Hall–Kier alpha value is 1.05. The standard InChI is InChI=1S/C6H8B.K/c1-7-5-3-2-4-6-7;/h2-6H,1H3;/q-1;+1. The Bertz CT molecular complexity index is 138. The van der Waals surface area contributed by atoms with Gasteiger partial charge in [-0.2, -0.15) is 0 Å². The van der Waals surface area contributed by atoms with Gasteiger partial charge in [-0.25, -0.2) is 6.82 Å². The Morgan fingerprint density at radius 2 is 1.50 bits per heavy atom. The van der Waals surface area contributed by atoms with Crippen molar-refractivity contribution in [1.82, 2.24) is 0 Å². The summed E-state index contributed by atoms with van der Waals surface area (Å²) in [5.74, 6) is 4.33. The summed E-state index contributed by atoms with van der Waals surface area (Å²) in [7, 11) is 0. The molecule has 0 N–H and O–H groups in total. The van der Waals surface area contributed by atoms with Crippen LogP contribution in [0.3, 0.4) is 0 Å². The maximum atomic E-state index is 2.17. The van der Waals surface area contributed by atoms with Crippen molar-refractivity contribution in [3.63, 3.8) is 0 Å². The third kappa shape index (κ3) is 3.15. The third-order valence-corrected chi connectivity index (χ3v) is 1.05. The largest absolute Gasteiger partial charge is 1.00 e. The Kier molecular flexibility index (Phi) is 5.53. The van der Waals surface area contributed by atoms with Gasteiger partial charge in [0.1, 0.15) is 0 Å². The van der Waals surface area contributed by atoms with Crippen LogP contribution in [0.5, 0.6) is 0 Å². The Balaban J connectivity index is 0.000000490. The molecule has 0 bridgehead atoms. The molecule has 1 rings (SSSR count). The maximum Gasteiger partial charge on any atom is 1.00 e. The molecule has 2 heteroatoms. The predicted octanol–water partition coefficient (Wildman–Crippen LogP) is -1.75. The minimum Gasteiger partial charge on any atom is -0.265 e. The molecule has 0 spiro atoms. The van der Waals surface area contributed by atoms with Gasteiger partial charge in [0, 0.05) is 0 Å². The van der Waals surface area contributed by atoms with E-state index in [2.05, 4.69) is 30.9 Å². The van der Waals surface area contributed by atoms with E-state index < -0.39 is 0 Å². The molecule has 1 aromatic rings. The van der Waals surface area contributed by atoms with E-state index in [9.17, 15) is 0 Å². The van der Waals surface area contributed by atoms with Crippen LogP contribution in [0, 0.1) is 0 Å². The van der Waals surface area contributed by atoms with Gasteiger partial charge in [-0.3, -0.25) is 11.9 Å². The molecule has 0 amide bonds. The van der Waals surface area contributed by atoms with Crippen LogP contribution in [0.15, 0.2) is 30.1 Å². The van der Waals surface area contributed by atoms with Crippen LogP contribution in [-0.4, -0.2) is 6.34 Å². The minimum atomic E-state index is 0. The van der Waals surface area contributed by atoms with Crippen molar-refractivity contribution in [2.45, 2.75) is 0 Å². The summed E-state index contributed by atoms with van der Waals surface area (Å²) in [6.45, 7) is 2.17. The molecular formula is C6H8BK. The van der Waals surface area contributed by atoms with Crippen molar-refractivity contribution in [3.8, 4) is 0 Å². The molecule has 0 atom stereocenters. The summed E-state index contributed by atoms with van der Waals surface area (Å²) in [6.07, 6.45) is 0.644. The van der Waals surface area contributed by atoms with E-state index in [4.69, 9.17) is 0 Å². The average molecular weight is 130 g/mol. The summed E-state index contributed by atoms with van der Waals surface area (Å²) in [5, 5.41) is 0. The van der Waals surface area contributed by atoms with Crippen molar-refractivity contribution < 1.29 is 51.4 Å². The molecule has 1 aromatic heterocycles. The van der Waals surface area contributed by atoms with E-state index in [1.807, 2.05) is 6.07 Å². The monoisotopic (exact) mass is 130 g/mol. The predicted molar refractivity (Wildman–Crippen MR) is 33.4 cm³/mol. The van der Waals surface area contributed by atoms with Gasteiger partial charge in [-0.1, -0.05) is 6.07 Å². The second kappa shape index (κ2) is 4.89. The number of hydrogen-bond donors (Lipinski definition) is 0. The van der Waals surface area contributed by atoms with Crippen LogP contribution in [0.25, 0.3) is 0 Å². The number of aryl methyl sites for hydroxylation is 1. The van der Waals surface area contributed by atoms with Gasteiger partial charge in [0.25, 0.3) is 0 Å². The van der Waals surface area contributed by atoms with Gasteiger partial charge >= 0.3 is 51.4 Å². The summed E-state index contributed by atoms with van der Waals surface area (Å²) in [6, 6.07) is 6.19. The van der Waals surface area contributed by atoms with E-state index in [-0.39, 0.29) is 51.4 Å². The summed E-state index contributed by atoms with van der Waals surface area (Å²) in [4.78, 5) is 0. The number of rotatable bonds is 0. The van der Waals surface area contributed by atoms with Crippen LogP contribution >= 0.6 is 0 Å². The van der Waals surface area contributed by atoms with Crippen LogP contribution < -0.4 is 51.4 Å². The Morgan fingerprint density at radius 3 is 1.75 bits per heavy atom. The molecule has 1 heterocycles. The summed E-state index contributed by atoms with van der Waals surface area (Å²) >= 11 is 0. The smallest absolute Gasteiger partial charge is 0.265 e. The molecule has 0 radical (unpaired) electrons. The fourth-order valence-electron chi connectivity index (χ4n) is 0.607. The fourth-order valence-corrected chi connectivity index (χ4v) is 0.607. The Labute approximate surface area is 93.2 Å². The number of hydrogen-bond acceptors (Lipinski definition) is 0. The van der Waals surface area contributed by atoms with Gasteiger partial charge in [0.2, 0.25) is 0 Å². The fraction of sp³-hybridized carbons (Fsp3) is 0.167. The van der Waals surface area contributed by atoms with Crippen LogP contribution in [0.2, 0.25) is 0 Å². The first-order chi connectivity index (χ1) is 3.39. The second-order valence-corrected chi connectivity index (χ2v) is 1.82. The topological polar surface area (TPSA) is 0 Å². The molecule has 8 heavy (non-hydrogen) atoms. The minimum absolute atomic E-state index is 0. The molecule has 0 fully saturated rings. The first kappa shape index (κ1) is 9.05. The molecule has 0 saturated carbocycles. The van der Waals surface area contributed by atoms with Gasteiger partial charge in [0.05, 0.1) is 0 Å². The third-order valence-electron chi connectivity index (χ3n) is 1.05. The zero-order valence-corrected chi connectivity index (χ0v) is 8.59. The van der Waals surface area contributed by atoms with Gasteiger partial charge in [-0.15, -0.1) is 18.5 Å². The second-order valence-electron chi connectivity index (χ2n) is 1.82.